The van der Waals surface area contributed by atoms with Gasteiger partial charge in [-0.3, -0.25) is 4.79 Å². The number of halogens is 1. The van der Waals surface area contributed by atoms with E-state index in [0.717, 1.165) is 9.87 Å². The molecule has 6 nitrogen and oxygen atoms in total. The summed E-state index contributed by atoms with van der Waals surface area (Å²) in [6.45, 7) is 0.685. The Labute approximate surface area is 129 Å². The van der Waals surface area contributed by atoms with E-state index in [1.165, 1.54) is 0 Å². The Bertz CT molecular complexity index is 635. The molecule has 1 aromatic rings. The second-order valence-corrected chi connectivity index (χ2v) is 6.40. The lowest BCUT2D eigenvalue weighted by molar-refractivity contribution is -0.130. The molecule has 0 unspecified atom stereocenters. The molecule has 1 saturated heterocycles. The van der Waals surface area contributed by atoms with E-state index in [0.29, 0.717) is 18.7 Å². The van der Waals surface area contributed by atoms with E-state index in [2.05, 4.69) is 0 Å². The fraction of sp³-hybridized carbons (Fsp3) is 0.500. The molecule has 122 valence electrons. The number of carbonyl (C=O) groups is 1. The Hall–Kier alpha value is -1.67. The van der Waals surface area contributed by atoms with Crippen molar-refractivity contribution in [1.82, 2.24) is 9.21 Å². The van der Waals surface area contributed by atoms with Crippen LogP contribution in [0, 0.1) is 0 Å². The van der Waals surface area contributed by atoms with E-state index in [-0.39, 0.29) is 32.0 Å². The van der Waals surface area contributed by atoms with Gasteiger partial charge in [0.25, 0.3) is 0 Å². The van der Waals surface area contributed by atoms with Crippen LogP contribution in [-0.2, 0) is 21.6 Å². The second-order valence-electron chi connectivity index (χ2n) is 5.06. The third-order valence-electron chi connectivity index (χ3n) is 3.65. The van der Waals surface area contributed by atoms with Crippen LogP contribution in [0.1, 0.15) is 12.0 Å². The summed E-state index contributed by atoms with van der Waals surface area (Å²) >= 11 is 0. The Morgan fingerprint density at radius 1 is 1.23 bits per heavy atom. The number of para-hydroxylation sites is 1. The van der Waals surface area contributed by atoms with Crippen LogP contribution in [0.5, 0.6) is 5.75 Å². The van der Waals surface area contributed by atoms with E-state index >= 15 is 0 Å². The molecule has 1 fully saturated rings. The van der Waals surface area contributed by atoms with Crippen LogP contribution < -0.4 is 4.74 Å². The van der Waals surface area contributed by atoms with E-state index in [4.69, 9.17) is 4.74 Å². The molecule has 0 spiro atoms. The van der Waals surface area contributed by atoms with Gasteiger partial charge in [0.2, 0.25) is 5.91 Å². The third-order valence-corrected chi connectivity index (χ3v) is 4.63. The van der Waals surface area contributed by atoms with E-state index < -0.39 is 10.4 Å². The molecule has 0 bridgehead atoms. The van der Waals surface area contributed by atoms with Gasteiger partial charge in [0.1, 0.15) is 5.75 Å². The molecule has 1 heterocycles. The van der Waals surface area contributed by atoms with Gasteiger partial charge in [-0.05, 0) is 12.5 Å². The first kappa shape index (κ1) is 16.7. The molecule has 0 saturated carbocycles. The normalized spacial score (nSPS) is 17.1. The van der Waals surface area contributed by atoms with Crippen molar-refractivity contribution in [3.05, 3.63) is 29.8 Å². The number of carbonyl (C=O) groups excluding carboxylic acids is 1. The van der Waals surface area contributed by atoms with Crippen molar-refractivity contribution in [2.45, 2.75) is 12.8 Å². The van der Waals surface area contributed by atoms with Crippen LogP contribution in [0.3, 0.4) is 0 Å². The molecule has 0 aliphatic carbocycles. The van der Waals surface area contributed by atoms with Crippen LogP contribution in [-0.4, -0.2) is 56.8 Å². The molecule has 1 amide bonds. The first-order valence-corrected chi connectivity index (χ1v) is 8.35. The summed E-state index contributed by atoms with van der Waals surface area (Å²) in [7, 11) is -3.15. The van der Waals surface area contributed by atoms with Crippen molar-refractivity contribution in [3.63, 3.8) is 0 Å². The summed E-state index contributed by atoms with van der Waals surface area (Å²) in [5, 5.41) is 0. The lowest BCUT2D eigenvalue weighted by Gasteiger charge is -2.21. The van der Waals surface area contributed by atoms with E-state index in [1.807, 2.05) is 18.2 Å². The summed E-state index contributed by atoms with van der Waals surface area (Å²) in [5.41, 5.74) is 0.772. The van der Waals surface area contributed by atoms with Crippen LogP contribution in [0.25, 0.3) is 0 Å². The molecule has 0 aromatic heterocycles. The van der Waals surface area contributed by atoms with Crippen molar-refractivity contribution < 1.29 is 21.8 Å². The van der Waals surface area contributed by atoms with Crippen molar-refractivity contribution in [2.24, 2.45) is 0 Å². The number of hydrogen-bond acceptors (Lipinski definition) is 4. The summed E-state index contributed by atoms with van der Waals surface area (Å²) in [5.74, 6) is 0.515. The Balaban J connectivity index is 2.01. The third kappa shape index (κ3) is 4.17. The van der Waals surface area contributed by atoms with Gasteiger partial charge in [0.05, 0.1) is 13.5 Å². The fourth-order valence-electron chi connectivity index (χ4n) is 2.48. The number of ether oxygens (including phenoxy) is 1. The average Bonchev–Trinajstić information content (AvgIpc) is 2.73. The molecule has 22 heavy (non-hydrogen) atoms. The molecule has 0 N–H and O–H groups in total. The molecule has 1 aromatic carbocycles. The monoisotopic (exact) mass is 330 g/mol. The van der Waals surface area contributed by atoms with E-state index in [9.17, 15) is 17.1 Å². The number of nitrogens with zero attached hydrogens (tertiary/aromatic N) is 2. The number of benzene rings is 1. The SMILES string of the molecule is COc1ccccc1CC(=O)N1CCCN(S(=O)(=O)F)CC1. The summed E-state index contributed by atoms with van der Waals surface area (Å²) in [6, 6.07) is 7.24. The van der Waals surface area contributed by atoms with Gasteiger partial charge in [-0.25, -0.2) is 0 Å². The first-order chi connectivity index (χ1) is 10.4. The van der Waals surface area contributed by atoms with Crippen molar-refractivity contribution in [2.75, 3.05) is 33.3 Å². The molecule has 0 radical (unpaired) electrons. The maximum atomic E-state index is 13.0. The lowest BCUT2D eigenvalue weighted by atomic mass is 10.1. The van der Waals surface area contributed by atoms with Crippen molar-refractivity contribution >= 4 is 16.3 Å². The van der Waals surface area contributed by atoms with Gasteiger partial charge in [0.15, 0.2) is 0 Å². The molecular weight excluding hydrogens is 311 g/mol. The number of amides is 1. The number of rotatable bonds is 4. The predicted octanol–water partition coefficient (Wildman–Crippen LogP) is 0.986. The highest BCUT2D eigenvalue weighted by Gasteiger charge is 2.26. The maximum absolute atomic E-state index is 13.0. The zero-order valence-electron chi connectivity index (χ0n) is 12.4. The minimum Gasteiger partial charge on any atom is -0.496 e. The average molecular weight is 330 g/mol. The molecule has 0 atom stereocenters. The standard InChI is InChI=1S/C14H19FN2O4S/c1-21-13-6-3-2-5-12(13)11-14(18)16-7-4-8-17(10-9-16)22(15,19)20/h2-3,5-6H,4,7-11H2,1H3. The lowest BCUT2D eigenvalue weighted by Crippen LogP contribution is -2.37. The molecule has 8 heteroatoms. The van der Waals surface area contributed by atoms with Gasteiger partial charge in [-0.15, -0.1) is 0 Å². The number of hydrogen-bond donors (Lipinski definition) is 0. The molecular formula is C14H19FN2O4S. The highest BCUT2D eigenvalue weighted by molar-refractivity contribution is 7.83. The zero-order valence-corrected chi connectivity index (χ0v) is 13.2. The van der Waals surface area contributed by atoms with Crippen LogP contribution in [0.2, 0.25) is 0 Å². The first-order valence-electron chi connectivity index (χ1n) is 7.01. The second kappa shape index (κ2) is 7.06. The highest BCUT2D eigenvalue weighted by Crippen LogP contribution is 2.19. The Kier molecular flexibility index (Phi) is 5.36. The van der Waals surface area contributed by atoms with Gasteiger partial charge < -0.3 is 9.64 Å². The topological polar surface area (TPSA) is 66.9 Å². The van der Waals surface area contributed by atoms with Crippen LogP contribution in [0.15, 0.2) is 24.3 Å². The van der Waals surface area contributed by atoms with Crippen LogP contribution >= 0.6 is 0 Å². The smallest absolute Gasteiger partial charge is 0.374 e. The quantitative estimate of drug-likeness (QED) is 0.772. The molecule has 2 rings (SSSR count). The van der Waals surface area contributed by atoms with Crippen molar-refractivity contribution in [1.29, 1.82) is 0 Å². The van der Waals surface area contributed by atoms with Gasteiger partial charge in [0, 0.05) is 31.7 Å². The Morgan fingerprint density at radius 3 is 2.64 bits per heavy atom. The van der Waals surface area contributed by atoms with Gasteiger partial charge >= 0.3 is 10.4 Å². The maximum Gasteiger partial charge on any atom is 0.374 e. The fourth-order valence-corrected chi connectivity index (χ4v) is 3.13. The number of methoxy groups -OCH3 is 1. The Morgan fingerprint density at radius 2 is 1.95 bits per heavy atom. The largest absolute Gasteiger partial charge is 0.496 e. The van der Waals surface area contributed by atoms with Crippen molar-refractivity contribution in [3.8, 4) is 5.75 Å². The van der Waals surface area contributed by atoms with Gasteiger partial charge in [-0.1, -0.05) is 22.1 Å². The molecule has 1 aliphatic heterocycles. The highest BCUT2D eigenvalue weighted by atomic mass is 32.3. The van der Waals surface area contributed by atoms with Gasteiger partial charge in [-0.2, -0.15) is 12.7 Å². The predicted molar refractivity (Wildman–Crippen MR) is 79.5 cm³/mol. The summed E-state index contributed by atoms with van der Waals surface area (Å²) < 4.78 is 40.8. The molecule has 1 aliphatic rings. The zero-order chi connectivity index (χ0) is 16.2. The summed E-state index contributed by atoms with van der Waals surface area (Å²) in [6.07, 6.45) is 0.590. The van der Waals surface area contributed by atoms with E-state index in [1.54, 1.807) is 18.1 Å². The summed E-state index contributed by atoms with van der Waals surface area (Å²) in [4.78, 5) is 13.9. The van der Waals surface area contributed by atoms with Crippen LogP contribution in [0.4, 0.5) is 3.89 Å². The minimum atomic E-state index is -4.69. The minimum absolute atomic E-state index is 0.0174.